The molecule has 0 spiro atoms. The minimum atomic E-state index is 0.326. The average Bonchev–Trinajstić information content (AvgIpc) is 1.85. The Labute approximate surface area is 48.1 Å². The monoisotopic (exact) mass is 115 g/mol. The summed E-state index contributed by atoms with van der Waals surface area (Å²) in [5.41, 5.74) is 0. The molecule has 0 aromatic rings. The highest BCUT2D eigenvalue weighted by atomic mass is 16.7. The fourth-order valence-corrected chi connectivity index (χ4v) is 0.641. The minimum Gasteiger partial charge on any atom is -0.507 e. The molecule has 0 radical (unpaired) electrons. The van der Waals surface area contributed by atoms with E-state index in [0.717, 1.165) is 0 Å². The van der Waals surface area contributed by atoms with Gasteiger partial charge < -0.3 is 9.94 Å². The summed E-state index contributed by atoms with van der Waals surface area (Å²) in [5.74, 6) is 0.931. The second kappa shape index (κ2) is 1.67. The molecule has 0 fully saturated rings. The molecule has 1 heterocycles. The number of rotatable bonds is 0. The second-order valence-electron chi connectivity index (χ2n) is 1.88. The molecule has 0 bridgehead atoms. The van der Waals surface area contributed by atoms with Gasteiger partial charge in [0.2, 0.25) is 0 Å². The first-order valence-electron chi connectivity index (χ1n) is 2.48. The molecule has 0 amide bonds. The van der Waals surface area contributed by atoms with E-state index in [1.165, 1.54) is 0 Å². The van der Waals surface area contributed by atoms with Gasteiger partial charge in [-0.05, 0) is 6.92 Å². The number of hydrogen-bond acceptors (Lipinski definition) is 3. The molecule has 3 heteroatoms. The highest BCUT2D eigenvalue weighted by Crippen LogP contribution is 2.12. The first kappa shape index (κ1) is 5.44. The van der Waals surface area contributed by atoms with Crippen molar-refractivity contribution >= 4 is 0 Å². The number of hydrogen-bond donors (Lipinski definition) is 1. The van der Waals surface area contributed by atoms with E-state index < -0.39 is 0 Å². The first-order valence-corrected chi connectivity index (χ1v) is 2.48. The summed E-state index contributed by atoms with van der Waals surface area (Å²) in [6, 6.07) is 0. The largest absolute Gasteiger partial charge is 0.507 e. The van der Waals surface area contributed by atoms with E-state index in [-0.39, 0.29) is 0 Å². The van der Waals surface area contributed by atoms with E-state index in [1.54, 1.807) is 19.0 Å². The number of aliphatic hydroxyl groups excluding tert-OH is 1. The molecule has 0 unspecified atom stereocenters. The highest BCUT2D eigenvalue weighted by molar-refractivity contribution is 5.01. The summed E-state index contributed by atoms with van der Waals surface area (Å²) in [5, 5.41) is 10.5. The summed E-state index contributed by atoms with van der Waals surface area (Å²) >= 11 is 0. The Morgan fingerprint density at radius 3 is 2.50 bits per heavy atom. The van der Waals surface area contributed by atoms with Gasteiger partial charge in [0.05, 0.1) is 6.54 Å². The summed E-state index contributed by atoms with van der Waals surface area (Å²) in [6.45, 7) is 2.24. The maximum atomic E-state index is 8.88. The Balaban J connectivity index is 2.60. The van der Waals surface area contributed by atoms with Gasteiger partial charge in [-0.15, -0.1) is 5.06 Å². The number of nitrogens with zero attached hydrogens (tertiary/aromatic N) is 1. The zero-order valence-corrected chi connectivity index (χ0v) is 5.01. The molecule has 8 heavy (non-hydrogen) atoms. The van der Waals surface area contributed by atoms with Gasteiger partial charge in [0.1, 0.15) is 5.76 Å². The molecule has 1 aliphatic rings. The Hall–Kier alpha value is -0.700. The molecule has 0 atom stereocenters. The van der Waals surface area contributed by atoms with Crippen molar-refractivity contribution in [3.63, 3.8) is 0 Å². The van der Waals surface area contributed by atoms with Crippen LogP contribution in [0.2, 0.25) is 0 Å². The first-order chi connectivity index (χ1) is 3.70. The predicted octanol–water partition coefficient (Wildman–Crippen LogP) is 0.653. The van der Waals surface area contributed by atoms with Crippen molar-refractivity contribution in [3.8, 4) is 0 Å². The number of hydroxylamine groups is 2. The van der Waals surface area contributed by atoms with E-state index in [2.05, 4.69) is 0 Å². The van der Waals surface area contributed by atoms with Crippen molar-refractivity contribution in [2.75, 3.05) is 13.6 Å². The molecular formula is C5H9NO2. The van der Waals surface area contributed by atoms with Crippen molar-refractivity contribution < 1.29 is 9.94 Å². The zero-order chi connectivity index (χ0) is 6.15. The van der Waals surface area contributed by atoms with Crippen molar-refractivity contribution in [2.24, 2.45) is 0 Å². The fourth-order valence-electron chi connectivity index (χ4n) is 0.641. The third-order valence-corrected chi connectivity index (χ3v) is 1.07. The van der Waals surface area contributed by atoms with Crippen LogP contribution in [0.3, 0.4) is 0 Å². The number of likely N-dealkylation sites (N-methyl/N-ethyl adjacent to an activating group) is 1. The van der Waals surface area contributed by atoms with Crippen LogP contribution in [-0.2, 0) is 4.84 Å². The predicted molar refractivity (Wildman–Crippen MR) is 29.0 cm³/mol. The summed E-state index contributed by atoms with van der Waals surface area (Å²) in [6.07, 6.45) is 0. The standard InChI is InChI=1S/C5H9NO2/c1-4-5(7)3-6(2)8-4/h7H,3H2,1-2H3. The quantitative estimate of drug-likeness (QED) is 0.503. The Morgan fingerprint density at radius 1 is 1.75 bits per heavy atom. The molecule has 0 saturated carbocycles. The van der Waals surface area contributed by atoms with Gasteiger partial charge in [-0.25, -0.2) is 0 Å². The molecule has 1 aliphatic heterocycles. The van der Waals surface area contributed by atoms with E-state index >= 15 is 0 Å². The Kier molecular flexibility index (Phi) is 1.13. The van der Waals surface area contributed by atoms with Crippen LogP contribution in [0.15, 0.2) is 11.5 Å². The summed E-state index contributed by atoms with van der Waals surface area (Å²) in [4.78, 5) is 4.94. The molecule has 1 rings (SSSR count). The molecule has 1 N–H and O–H groups in total. The lowest BCUT2D eigenvalue weighted by Crippen LogP contribution is -2.11. The summed E-state index contributed by atoms with van der Waals surface area (Å²) in [7, 11) is 1.77. The smallest absolute Gasteiger partial charge is 0.160 e. The average molecular weight is 115 g/mol. The molecule has 0 aliphatic carbocycles. The lowest BCUT2D eigenvalue weighted by molar-refractivity contribution is -0.0661. The maximum Gasteiger partial charge on any atom is 0.160 e. The molecule has 0 aromatic heterocycles. The third kappa shape index (κ3) is 0.767. The van der Waals surface area contributed by atoms with Gasteiger partial charge in [-0.2, -0.15) is 0 Å². The van der Waals surface area contributed by atoms with Crippen LogP contribution in [0.4, 0.5) is 0 Å². The fraction of sp³-hybridized carbons (Fsp3) is 0.600. The van der Waals surface area contributed by atoms with Gasteiger partial charge in [0.15, 0.2) is 5.76 Å². The molecule has 0 aromatic carbocycles. The third-order valence-electron chi connectivity index (χ3n) is 1.07. The van der Waals surface area contributed by atoms with Crippen LogP contribution < -0.4 is 0 Å². The van der Waals surface area contributed by atoms with Crippen LogP contribution in [0, 0.1) is 0 Å². The SMILES string of the molecule is CC1=C(O)CN(C)O1. The van der Waals surface area contributed by atoms with Crippen LogP contribution in [-0.4, -0.2) is 23.8 Å². The minimum absolute atomic E-state index is 0.326. The van der Waals surface area contributed by atoms with Crippen LogP contribution in [0.1, 0.15) is 6.92 Å². The van der Waals surface area contributed by atoms with E-state index in [0.29, 0.717) is 18.1 Å². The van der Waals surface area contributed by atoms with Crippen LogP contribution in [0.5, 0.6) is 0 Å². The highest BCUT2D eigenvalue weighted by Gasteiger charge is 2.15. The molecule has 3 nitrogen and oxygen atoms in total. The van der Waals surface area contributed by atoms with Gasteiger partial charge in [0.25, 0.3) is 0 Å². The van der Waals surface area contributed by atoms with Crippen LogP contribution >= 0.6 is 0 Å². The number of allylic oxidation sites excluding steroid dienone is 1. The topological polar surface area (TPSA) is 32.7 Å². The second-order valence-corrected chi connectivity index (χ2v) is 1.88. The zero-order valence-electron chi connectivity index (χ0n) is 5.01. The van der Waals surface area contributed by atoms with Crippen molar-refractivity contribution in [1.82, 2.24) is 5.06 Å². The van der Waals surface area contributed by atoms with Crippen molar-refractivity contribution in [1.29, 1.82) is 0 Å². The van der Waals surface area contributed by atoms with Crippen LogP contribution in [0.25, 0.3) is 0 Å². The van der Waals surface area contributed by atoms with Gasteiger partial charge in [-0.3, -0.25) is 0 Å². The van der Waals surface area contributed by atoms with Crippen molar-refractivity contribution in [3.05, 3.63) is 11.5 Å². The van der Waals surface area contributed by atoms with Gasteiger partial charge in [0, 0.05) is 7.05 Å². The Bertz CT molecular complexity index is 116. The van der Waals surface area contributed by atoms with Crippen molar-refractivity contribution in [2.45, 2.75) is 6.92 Å². The molecular weight excluding hydrogens is 106 g/mol. The van der Waals surface area contributed by atoms with Gasteiger partial charge >= 0.3 is 0 Å². The van der Waals surface area contributed by atoms with E-state index in [9.17, 15) is 0 Å². The van der Waals surface area contributed by atoms with Gasteiger partial charge in [-0.1, -0.05) is 0 Å². The summed E-state index contributed by atoms with van der Waals surface area (Å²) < 4.78 is 0. The molecule has 46 valence electrons. The normalized spacial score (nSPS) is 21.8. The number of aliphatic hydroxyl groups is 1. The molecule has 0 saturated heterocycles. The lowest BCUT2D eigenvalue weighted by atomic mass is 10.4. The maximum absolute atomic E-state index is 8.88. The van der Waals surface area contributed by atoms with E-state index in [4.69, 9.17) is 9.94 Å². The van der Waals surface area contributed by atoms with E-state index in [1.807, 2.05) is 0 Å². The Morgan fingerprint density at radius 2 is 2.38 bits per heavy atom. The lowest BCUT2D eigenvalue weighted by Gasteiger charge is -2.04.